The first kappa shape index (κ1) is 17.2. The Balaban J connectivity index is 1.41. The summed E-state index contributed by atoms with van der Waals surface area (Å²) in [4.78, 5) is 23.8. The largest absolute Gasteiger partial charge is 0.455 e. The molecule has 6 heteroatoms. The second-order valence-electron chi connectivity index (χ2n) is 7.34. The summed E-state index contributed by atoms with van der Waals surface area (Å²) in [7, 11) is 0. The number of fused-ring (bicyclic) bond motifs is 1. The summed E-state index contributed by atoms with van der Waals surface area (Å²) in [6.45, 7) is 4.91. The zero-order valence-corrected chi connectivity index (χ0v) is 15.3. The van der Waals surface area contributed by atoms with Gasteiger partial charge in [-0.2, -0.15) is 0 Å². The Bertz CT molecular complexity index is 780. The molecule has 138 valence electrons. The molecule has 1 saturated heterocycles. The van der Waals surface area contributed by atoms with Gasteiger partial charge in [0.05, 0.1) is 12.6 Å². The van der Waals surface area contributed by atoms with Gasteiger partial charge in [0.2, 0.25) is 0 Å². The molecule has 3 heterocycles. The molecule has 0 spiro atoms. The predicted molar refractivity (Wildman–Crippen MR) is 97.8 cm³/mol. The van der Waals surface area contributed by atoms with E-state index in [0.717, 1.165) is 61.7 Å². The zero-order valence-electron chi connectivity index (χ0n) is 15.3. The van der Waals surface area contributed by atoms with Crippen LogP contribution in [-0.4, -0.2) is 33.9 Å². The number of carbonyl (C=O) groups excluding carboxylic acids is 1. The Morgan fingerprint density at radius 1 is 1.27 bits per heavy atom. The van der Waals surface area contributed by atoms with Gasteiger partial charge in [0.15, 0.2) is 5.76 Å². The quantitative estimate of drug-likeness (QED) is 0.913. The van der Waals surface area contributed by atoms with E-state index >= 15 is 0 Å². The van der Waals surface area contributed by atoms with E-state index in [2.05, 4.69) is 20.2 Å². The minimum Gasteiger partial charge on any atom is -0.455 e. The van der Waals surface area contributed by atoms with Crippen LogP contribution in [0.1, 0.15) is 71.5 Å². The van der Waals surface area contributed by atoms with Crippen molar-refractivity contribution in [2.24, 2.45) is 0 Å². The van der Waals surface area contributed by atoms with Crippen LogP contribution in [0, 0.1) is 6.92 Å². The zero-order chi connectivity index (χ0) is 17.9. The van der Waals surface area contributed by atoms with Crippen molar-refractivity contribution in [3.63, 3.8) is 0 Å². The maximum Gasteiger partial charge on any atom is 0.287 e. The molecule has 0 aromatic carbocycles. The number of amides is 1. The normalized spacial score (nSPS) is 20.6. The van der Waals surface area contributed by atoms with Gasteiger partial charge in [0.25, 0.3) is 5.91 Å². The molecule has 1 atom stereocenters. The van der Waals surface area contributed by atoms with Crippen molar-refractivity contribution in [2.75, 3.05) is 13.1 Å². The van der Waals surface area contributed by atoms with Crippen LogP contribution < -0.4 is 5.32 Å². The van der Waals surface area contributed by atoms with Gasteiger partial charge >= 0.3 is 0 Å². The van der Waals surface area contributed by atoms with Crippen LogP contribution in [0.15, 0.2) is 22.7 Å². The van der Waals surface area contributed by atoms with Gasteiger partial charge in [0.1, 0.15) is 11.6 Å². The standard InChI is InChI=1S/C20H26N4O2/c1-14-21-12-16-17(22-14)6-5-7-18(16)23-20(25)19-9-8-15(26-19)13-24-10-3-2-4-11-24/h8-9,12,18H,2-7,10-11,13H2,1H3,(H,23,25)/t18-/m1/s1. The number of likely N-dealkylation sites (tertiary alicyclic amines) is 1. The van der Waals surface area contributed by atoms with Crippen molar-refractivity contribution in [3.8, 4) is 0 Å². The maximum absolute atomic E-state index is 12.6. The van der Waals surface area contributed by atoms with Gasteiger partial charge in [-0.3, -0.25) is 9.69 Å². The second kappa shape index (κ2) is 7.58. The van der Waals surface area contributed by atoms with Gasteiger partial charge in [-0.25, -0.2) is 9.97 Å². The minimum absolute atomic E-state index is 0.0394. The third kappa shape index (κ3) is 3.80. The predicted octanol–water partition coefficient (Wildman–Crippen LogP) is 3.17. The van der Waals surface area contributed by atoms with E-state index in [4.69, 9.17) is 4.42 Å². The Labute approximate surface area is 154 Å². The number of piperidine rings is 1. The highest BCUT2D eigenvalue weighted by atomic mass is 16.4. The van der Waals surface area contributed by atoms with Gasteiger partial charge in [0, 0.05) is 17.5 Å². The summed E-state index contributed by atoms with van der Waals surface area (Å²) < 4.78 is 5.81. The third-order valence-electron chi connectivity index (χ3n) is 5.32. The van der Waals surface area contributed by atoms with E-state index in [0.29, 0.717) is 5.76 Å². The van der Waals surface area contributed by atoms with E-state index in [-0.39, 0.29) is 11.9 Å². The van der Waals surface area contributed by atoms with E-state index in [1.54, 1.807) is 6.07 Å². The number of aromatic nitrogens is 2. The van der Waals surface area contributed by atoms with Crippen LogP contribution in [0.4, 0.5) is 0 Å². The molecule has 1 N–H and O–H groups in total. The summed E-state index contributed by atoms with van der Waals surface area (Å²) in [5.41, 5.74) is 2.09. The number of furan rings is 1. The number of aryl methyl sites for hydroxylation is 2. The van der Waals surface area contributed by atoms with Gasteiger partial charge in [-0.15, -0.1) is 0 Å². The summed E-state index contributed by atoms with van der Waals surface area (Å²) in [6.07, 6.45) is 8.54. The second-order valence-corrected chi connectivity index (χ2v) is 7.34. The van der Waals surface area contributed by atoms with Crippen LogP contribution >= 0.6 is 0 Å². The summed E-state index contributed by atoms with van der Waals surface area (Å²) >= 11 is 0. The summed E-state index contributed by atoms with van der Waals surface area (Å²) in [5, 5.41) is 3.10. The first-order valence-electron chi connectivity index (χ1n) is 9.63. The fourth-order valence-electron chi connectivity index (χ4n) is 3.95. The number of carbonyl (C=O) groups is 1. The Morgan fingerprint density at radius 2 is 2.12 bits per heavy atom. The highest BCUT2D eigenvalue weighted by Gasteiger charge is 2.25. The lowest BCUT2D eigenvalue weighted by molar-refractivity contribution is 0.0899. The molecule has 2 aromatic rings. The lowest BCUT2D eigenvalue weighted by Gasteiger charge is -2.25. The van der Waals surface area contributed by atoms with Crippen LogP contribution in [0.5, 0.6) is 0 Å². The van der Waals surface area contributed by atoms with E-state index in [1.165, 1.54) is 19.3 Å². The Morgan fingerprint density at radius 3 is 2.96 bits per heavy atom. The van der Waals surface area contributed by atoms with Crippen molar-refractivity contribution in [2.45, 2.75) is 58.0 Å². The average molecular weight is 354 g/mol. The molecule has 0 bridgehead atoms. The molecule has 2 aromatic heterocycles. The van der Waals surface area contributed by atoms with Crippen molar-refractivity contribution >= 4 is 5.91 Å². The molecule has 0 unspecified atom stereocenters. The molecule has 6 nitrogen and oxygen atoms in total. The molecule has 2 aliphatic rings. The topological polar surface area (TPSA) is 71.3 Å². The molecular formula is C20H26N4O2. The monoisotopic (exact) mass is 354 g/mol. The van der Waals surface area contributed by atoms with E-state index < -0.39 is 0 Å². The summed E-state index contributed by atoms with van der Waals surface area (Å²) in [5.74, 6) is 1.87. The van der Waals surface area contributed by atoms with Crippen LogP contribution in [-0.2, 0) is 13.0 Å². The third-order valence-corrected chi connectivity index (χ3v) is 5.32. The van der Waals surface area contributed by atoms with Crippen molar-refractivity contribution in [3.05, 3.63) is 46.9 Å². The molecule has 26 heavy (non-hydrogen) atoms. The molecule has 0 radical (unpaired) electrons. The maximum atomic E-state index is 12.6. The Kier molecular flexibility index (Phi) is 5.02. The van der Waals surface area contributed by atoms with E-state index in [9.17, 15) is 4.79 Å². The Hall–Kier alpha value is -2.21. The van der Waals surface area contributed by atoms with E-state index in [1.807, 2.05) is 19.2 Å². The van der Waals surface area contributed by atoms with Crippen LogP contribution in [0.25, 0.3) is 0 Å². The average Bonchev–Trinajstić information content (AvgIpc) is 3.11. The number of nitrogens with zero attached hydrogens (tertiary/aromatic N) is 3. The van der Waals surface area contributed by atoms with Crippen LogP contribution in [0.3, 0.4) is 0 Å². The molecular weight excluding hydrogens is 328 g/mol. The lowest BCUT2D eigenvalue weighted by atomic mass is 9.92. The molecule has 1 fully saturated rings. The van der Waals surface area contributed by atoms with Crippen molar-refractivity contribution in [1.29, 1.82) is 0 Å². The first-order chi connectivity index (χ1) is 12.7. The fourth-order valence-corrected chi connectivity index (χ4v) is 3.95. The van der Waals surface area contributed by atoms with Gasteiger partial charge < -0.3 is 9.73 Å². The lowest BCUT2D eigenvalue weighted by Crippen LogP contribution is -2.31. The van der Waals surface area contributed by atoms with Crippen LogP contribution in [0.2, 0.25) is 0 Å². The smallest absolute Gasteiger partial charge is 0.287 e. The first-order valence-corrected chi connectivity index (χ1v) is 9.63. The number of hydrogen-bond acceptors (Lipinski definition) is 5. The SMILES string of the molecule is Cc1ncc2c(n1)CCC[C@H]2NC(=O)c1ccc(CN2CCCCC2)o1. The minimum atomic E-state index is -0.159. The fraction of sp³-hybridized carbons (Fsp3) is 0.550. The summed E-state index contributed by atoms with van der Waals surface area (Å²) in [6, 6.07) is 3.66. The number of nitrogens with one attached hydrogen (secondary N) is 1. The van der Waals surface area contributed by atoms with Gasteiger partial charge in [-0.05, 0) is 64.3 Å². The molecule has 0 saturated carbocycles. The highest BCUT2D eigenvalue weighted by molar-refractivity contribution is 5.91. The molecule has 1 aliphatic carbocycles. The molecule has 1 amide bonds. The number of rotatable bonds is 4. The molecule has 4 rings (SSSR count). The van der Waals surface area contributed by atoms with Crippen molar-refractivity contribution < 1.29 is 9.21 Å². The van der Waals surface area contributed by atoms with Crippen molar-refractivity contribution in [1.82, 2.24) is 20.2 Å². The highest BCUT2D eigenvalue weighted by Crippen LogP contribution is 2.28. The molecule has 1 aliphatic heterocycles. The van der Waals surface area contributed by atoms with Gasteiger partial charge in [-0.1, -0.05) is 6.42 Å². The number of hydrogen-bond donors (Lipinski definition) is 1.